The molecule has 0 heterocycles. The fourth-order valence-corrected chi connectivity index (χ4v) is 3.07. The van der Waals surface area contributed by atoms with E-state index in [1.807, 2.05) is 0 Å². The zero-order chi connectivity index (χ0) is 18.4. The second kappa shape index (κ2) is 8.22. The van der Waals surface area contributed by atoms with E-state index >= 15 is 0 Å². The van der Waals surface area contributed by atoms with Gasteiger partial charge in [0.1, 0.15) is 5.75 Å². The van der Waals surface area contributed by atoms with Crippen molar-refractivity contribution >= 4 is 11.9 Å². The summed E-state index contributed by atoms with van der Waals surface area (Å²) in [5.74, 6) is -2.38. The van der Waals surface area contributed by atoms with E-state index in [0.29, 0.717) is 18.4 Å². The molecular formula is C17H20F3NO4. The fourth-order valence-electron chi connectivity index (χ4n) is 3.07. The Kier molecular flexibility index (Phi) is 6.27. The Labute approximate surface area is 143 Å². The zero-order valence-electron chi connectivity index (χ0n) is 13.5. The summed E-state index contributed by atoms with van der Waals surface area (Å²) in [6, 6.07) is 4.73. The van der Waals surface area contributed by atoms with E-state index in [1.165, 1.54) is 12.1 Å². The number of hydrogen-bond acceptors (Lipinski definition) is 3. The number of benzene rings is 1. The first-order chi connectivity index (χ1) is 11.7. The van der Waals surface area contributed by atoms with Gasteiger partial charge in [-0.15, -0.1) is 13.2 Å². The zero-order valence-corrected chi connectivity index (χ0v) is 13.5. The van der Waals surface area contributed by atoms with Crippen LogP contribution in [0.5, 0.6) is 5.75 Å². The first-order valence-corrected chi connectivity index (χ1v) is 8.11. The molecule has 8 heteroatoms. The predicted octanol–water partition coefficient (Wildman–Crippen LogP) is 3.28. The van der Waals surface area contributed by atoms with Crippen LogP contribution in [-0.4, -0.2) is 29.4 Å². The third kappa shape index (κ3) is 6.28. The van der Waals surface area contributed by atoms with Crippen molar-refractivity contribution in [2.24, 2.45) is 5.92 Å². The monoisotopic (exact) mass is 359 g/mol. The van der Waals surface area contributed by atoms with Crippen molar-refractivity contribution < 1.29 is 32.6 Å². The maximum absolute atomic E-state index is 12.2. The van der Waals surface area contributed by atoms with Gasteiger partial charge in [-0.25, -0.2) is 0 Å². The van der Waals surface area contributed by atoms with Crippen molar-refractivity contribution in [3.05, 3.63) is 29.8 Å². The molecule has 0 saturated heterocycles. The van der Waals surface area contributed by atoms with Crippen LogP contribution in [0.15, 0.2) is 24.3 Å². The molecule has 1 aromatic rings. The van der Waals surface area contributed by atoms with E-state index in [4.69, 9.17) is 0 Å². The van der Waals surface area contributed by atoms with Crippen LogP contribution >= 0.6 is 0 Å². The summed E-state index contributed by atoms with van der Waals surface area (Å²) in [5, 5.41) is 12.0. The summed E-state index contributed by atoms with van der Waals surface area (Å²) >= 11 is 0. The molecule has 25 heavy (non-hydrogen) atoms. The van der Waals surface area contributed by atoms with Crippen molar-refractivity contribution in [2.45, 2.75) is 50.9 Å². The van der Waals surface area contributed by atoms with Crippen LogP contribution in [-0.2, 0) is 16.0 Å². The van der Waals surface area contributed by atoms with E-state index in [1.54, 1.807) is 0 Å². The smallest absolute Gasteiger partial charge is 0.481 e. The molecule has 1 aliphatic carbocycles. The second-order valence-electron chi connectivity index (χ2n) is 6.13. The number of alkyl halides is 3. The minimum atomic E-state index is -4.80. The van der Waals surface area contributed by atoms with E-state index in [9.17, 15) is 27.9 Å². The Morgan fingerprint density at radius 1 is 1.20 bits per heavy atom. The maximum Gasteiger partial charge on any atom is 0.573 e. The van der Waals surface area contributed by atoms with Gasteiger partial charge < -0.3 is 15.2 Å². The number of carboxylic acid groups (broad SMARTS) is 1. The van der Waals surface area contributed by atoms with Gasteiger partial charge >= 0.3 is 12.3 Å². The first kappa shape index (κ1) is 19.1. The Morgan fingerprint density at radius 3 is 2.60 bits per heavy atom. The standard InChI is InChI=1S/C17H20F3NO4/c18-17(19,20)25-12-6-4-5-11(9-12)10-15(22)21-14-8-3-1-2-7-13(14)16(23)24/h4-6,9,13-14H,1-3,7-8,10H2,(H,21,22)(H,23,24)/t13-,14+/m1/s1. The van der Waals surface area contributed by atoms with Crippen LogP contribution < -0.4 is 10.1 Å². The van der Waals surface area contributed by atoms with Gasteiger partial charge in [0.05, 0.1) is 12.3 Å². The van der Waals surface area contributed by atoms with Gasteiger partial charge in [0.15, 0.2) is 0 Å². The Bertz CT molecular complexity index is 618. The summed E-state index contributed by atoms with van der Waals surface area (Å²) in [6.07, 6.45) is -1.28. The molecule has 0 aliphatic heterocycles. The molecule has 0 bridgehead atoms. The largest absolute Gasteiger partial charge is 0.573 e. The highest BCUT2D eigenvalue weighted by Crippen LogP contribution is 2.25. The van der Waals surface area contributed by atoms with Crippen molar-refractivity contribution in [2.75, 3.05) is 0 Å². The Morgan fingerprint density at radius 2 is 1.92 bits per heavy atom. The van der Waals surface area contributed by atoms with E-state index in [0.717, 1.165) is 31.4 Å². The van der Waals surface area contributed by atoms with Crippen molar-refractivity contribution in [1.82, 2.24) is 5.32 Å². The maximum atomic E-state index is 12.2. The van der Waals surface area contributed by atoms with Gasteiger partial charge in [0.25, 0.3) is 0 Å². The summed E-state index contributed by atoms with van der Waals surface area (Å²) in [6.45, 7) is 0. The summed E-state index contributed by atoms with van der Waals surface area (Å²) in [5.41, 5.74) is 0.361. The van der Waals surface area contributed by atoms with Crippen LogP contribution in [0.1, 0.15) is 37.7 Å². The summed E-state index contributed by atoms with van der Waals surface area (Å²) in [4.78, 5) is 23.6. The minimum absolute atomic E-state index is 0.141. The second-order valence-corrected chi connectivity index (χ2v) is 6.13. The third-order valence-electron chi connectivity index (χ3n) is 4.18. The van der Waals surface area contributed by atoms with Gasteiger partial charge in [-0.05, 0) is 30.5 Å². The molecule has 0 unspecified atom stereocenters. The quantitative estimate of drug-likeness (QED) is 0.791. The fraction of sp³-hybridized carbons (Fsp3) is 0.529. The number of halogens is 3. The highest BCUT2D eigenvalue weighted by atomic mass is 19.4. The molecule has 1 amide bonds. The van der Waals surface area contributed by atoms with Gasteiger partial charge in [0.2, 0.25) is 5.91 Å². The summed E-state index contributed by atoms with van der Waals surface area (Å²) < 4.78 is 40.6. The number of amides is 1. The SMILES string of the molecule is O=C(Cc1cccc(OC(F)(F)F)c1)N[C@H]1CCCCC[C@H]1C(=O)O. The molecule has 0 radical (unpaired) electrons. The molecule has 1 saturated carbocycles. The van der Waals surface area contributed by atoms with Crippen molar-refractivity contribution in [1.29, 1.82) is 0 Å². The molecule has 0 spiro atoms. The lowest BCUT2D eigenvalue weighted by atomic mass is 9.94. The lowest BCUT2D eigenvalue weighted by Gasteiger charge is -2.23. The normalized spacial score (nSPS) is 21.2. The molecule has 1 aliphatic rings. The molecule has 2 rings (SSSR count). The van der Waals surface area contributed by atoms with Crippen LogP contribution in [0.2, 0.25) is 0 Å². The summed E-state index contributed by atoms with van der Waals surface area (Å²) in [7, 11) is 0. The van der Waals surface area contributed by atoms with E-state index in [-0.39, 0.29) is 6.42 Å². The number of hydrogen-bond donors (Lipinski definition) is 2. The van der Waals surface area contributed by atoms with Gasteiger partial charge in [-0.2, -0.15) is 0 Å². The highest BCUT2D eigenvalue weighted by molar-refractivity contribution is 5.80. The van der Waals surface area contributed by atoms with Crippen molar-refractivity contribution in [3.63, 3.8) is 0 Å². The van der Waals surface area contributed by atoms with Crippen molar-refractivity contribution in [3.8, 4) is 5.75 Å². The number of nitrogens with one attached hydrogen (secondary N) is 1. The molecule has 1 fully saturated rings. The Hall–Kier alpha value is -2.25. The molecule has 0 aromatic heterocycles. The number of aliphatic carboxylic acids is 1. The van der Waals surface area contributed by atoms with E-state index < -0.39 is 35.9 Å². The molecule has 1 aromatic carbocycles. The number of rotatable bonds is 5. The van der Waals surface area contributed by atoms with Crippen LogP contribution in [0.4, 0.5) is 13.2 Å². The number of carbonyl (C=O) groups excluding carboxylic acids is 1. The number of carboxylic acids is 1. The van der Waals surface area contributed by atoms with Crippen LogP contribution in [0.25, 0.3) is 0 Å². The molecular weight excluding hydrogens is 339 g/mol. The predicted molar refractivity (Wildman–Crippen MR) is 83.0 cm³/mol. The molecule has 2 N–H and O–H groups in total. The lowest BCUT2D eigenvalue weighted by molar-refractivity contribution is -0.274. The molecule has 2 atom stereocenters. The highest BCUT2D eigenvalue weighted by Gasteiger charge is 2.32. The average molecular weight is 359 g/mol. The molecule has 5 nitrogen and oxygen atoms in total. The number of carbonyl (C=O) groups is 2. The topological polar surface area (TPSA) is 75.6 Å². The minimum Gasteiger partial charge on any atom is -0.481 e. The van der Waals surface area contributed by atoms with Crippen LogP contribution in [0.3, 0.4) is 0 Å². The number of ether oxygens (including phenoxy) is 1. The third-order valence-corrected chi connectivity index (χ3v) is 4.18. The van der Waals surface area contributed by atoms with Crippen LogP contribution in [0, 0.1) is 5.92 Å². The Balaban J connectivity index is 1.99. The molecule has 138 valence electrons. The van der Waals surface area contributed by atoms with E-state index in [2.05, 4.69) is 10.1 Å². The van der Waals surface area contributed by atoms with Gasteiger partial charge in [-0.3, -0.25) is 9.59 Å². The first-order valence-electron chi connectivity index (χ1n) is 8.11. The average Bonchev–Trinajstić information content (AvgIpc) is 2.71. The lowest BCUT2D eigenvalue weighted by Crippen LogP contribution is -2.43. The van der Waals surface area contributed by atoms with Gasteiger partial charge in [-0.1, -0.05) is 31.4 Å². The van der Waals surface area contributed by atoms with Gasteiger partial charge in [0, 0.05) is 6.04 Å².